The van der Waals surface area contributed by atoms with Crippen molar-refractivity contribution in [2.24, 2.45) is 0 Å². The van der Waals surface area contributed by atoms with Crippen LogP contribution < -0.4 is 10.1 Å². The number of piperazine rings is 1. The molecule has 6 nitrogen and oxygen atoms in total. The molecule has 2 aliphatic rings. The number of carbonyl (C=O) groups is 2. The van der Waals surface area contributed by atoms with Crippen LogP contribution in [0.15, 0.2) is 48.5 Å². The van der Waals surface area contributed by atoms with Crippen LogP contribution in [0.1, 0.15) is 34.8 Å². The maximum absolute atomic E-state index is 12.7. The van der Waals surface area contributed by atoms with Crippen molar-refractivity contribution in [1.29, 1.82) is 0 Å². The Labute approximate surface area is 177 Å². The van der Waals surface area contributed by atoms with Crippen LogP contribution in [0.3, 0.4) is 0 Å². The number of nitrogens with one attached hydrogen (secondary N) is 1. The molecular formula is C24H29N3O3. The quantitative estimate of drug-likeness (QED) is 0.799. The summed E-state index contributed by atoms with van der Waals surface area (Å²) in [6.45, 7) is 6.75. The molecule has 1 atom stereocenters. The van der Waals surface area contributed by atoms with Gasteiger partial charge >= 0.3 is 0 Å². The molecule has 30 heavy (non-hydrogen) atoms. The van der Waals surface area contributed by atoms with Crippen LogP contribution in [0, 0.1) is 0 Å². The lowest BCUT2D eigenvalue weighted by Crippen LogP contribution is -2.49. The van der Waals surface area contributed by atoms with Crippen molar-refractivity contribution in [2.45, 2.75) is 32.4 Å². The van der Waals surface area contributed by atoms with Crippen LogP contribution in [0.5, 0.6) is 5.75 Å². The van der Waals surface area contributed by atoms with Crippen molar-refractivity contribution < 1.29 is 14.3 Å². The highest BCUT2D eigenvalue weighted by Crippen LogP contribution is 2.26. The van der Waals surface area contributed by atoms with E-state index in [0.29, 0.717) is 12.0 Å². The van der Waals surface area contributed by atoms with E-state index in [1.807, 2.05) is 30.0 Å². The Hall–Kier alpha value is -2.86. The van der Waals surface area contributed by atoms with Gasteiger partial charge in [-0.25, -0.2) is 0 Å². The molecule has 0 aromatic heterocycles. The van der Waals surface area contributed by atoms with Crippen LogP contribution in [-0.4, -0.2) is 60.4 Å². The lowest BCUT2D eigenvalue weighted by atomic mass is 10.1. The second kappa shape index (κ2) is 9.30. The summed E-state index contributed by atoms with van der Waals surface area (Å²) in [6, 6.07) is 15.4. The van der Waals surface area contributed by atoms with E-state index in [-0.39, 0.29) is 17.9 Å². The normalized spacial score (nSPS) is 17.2. The van der Waals surface area contributed by atoms with Gasteiger partial charge in [0.1, 0.15) is 5.75 Å². The van der Waals surface area contributed by atoms with E-state index in [1.54, 1.807) is 12.1 Å². The molecule has 2 heterocycles. The zero-order valence-corrected chi connectivity index (χ0v) is 17.5. The van der Waals surface area contributed by atoms with Gasteiger partial charge in [-0.15, -0.1) is 0 Å². The Morgan fingerprint density at radius 2 is 1.83 bits per heavy atom. The second-order valence-electron chi connectivity index (χ2n) is 8.14. The first-order chi connectivity index (χ1) is 14.6. The van der Waals surface area contributed by atoms with E-state index in [9.17, 15) is 9.59 Å². The first-order valence-corrected chi connectivity index (χ1v) is 10.7. The Morgan fingerprint density at radius 1 is 1.07 bits per heavy atom. The molecule has 1 unspecified atom stereocenters. The van der Waals surface area contributed by atoms with Gasteiger partial charge < -0.3 is 15.0 Å². The van der Waals surface area contributed by atoms with Gasteiger partial charge in [0.15, 0.2) is 0 Å². The maximum atomic E-state index is 12.7. The predicted octanol–water partition coefficient (Wildman–Crippen LogP) is 2.47. The van der Waals surface area contributed by atoms with E-state index in [0.717, 1.165) is 51.5 Å². The highest BCUT2D eigenvalue weighted by molar-refractivity contribution is 5.94. The molecule has 1 saturated heterocycles. The number of benzene rings is 2. The number of amides is 2. The van der Waals surface area contributed by atoms with Crippen LogP contribution in [0.2, 0.25) is 0 Å². The highest BCUT2D eigenvalue weighted by atomic mass is 16.5. The minimum atomic E-state index is -0.197. The monoisotopic (exact) mass is 407 g/mol. The second-order valence-corrected chi connectivity index (χ2v) is 8.14. The molecule has 1 N–H and O–H groups in total. The lowest BCUT2D eigenvalue weighted by molar-refractivity contribution is -0.133. The summed E-state index contributed by atoms with van der Waals surface area (Å²) in [5.41, 5.74) is 3.22. The number of hydrogen-bond acceptors (Lipinski definition) is 4. The lowest BCUT2D eigenvalue weighted by Gasteiger charge is -2.35. The minimum absolute atomic E-state index is 0.102. The molecule has 6 heteroatoms. The fourth-order valence-electron chi connectivity index (χ4n) is 4.09. The van der Waals surface area contributed by atoms with Crippen LogP contribution >= 0.6 is 0 Å². The number of carbonyl (C=O) groups excluding carboxylic acids is 2. The molecule has 4 rings (SSSR count). The number of fused-ring (bicyclic) bond motifs is 1. The topological polar surface area (TPSA) is 61.9 Å². The maximum Gasteiger partial charge on any atom is 0.251 e. The van der Waals surface area contributed by atoms with Crippen molar-refractivity contribution >= 4 is 11.8 Å². The van der Waals surface area contributed by atoms with Gasteiger partial charge in [-0.3, -0.25) is 14.5 Å². The standard InChI is InChI=1S/C24H29N3O3/c1-18(25-24(29)20-5-3-2-4-6-20)15-23(28)27-12-10-26(11-13-27)17-19-7-8-22-21(16-19)9-14-30-22/h2-8,16,18H,9-15,17H2,1H3,(H,25,29). The average Bonchev–Trinajstić information content (AvgIpc) is 3.22. The van der Waals surface area contributed by atoms with Gasteiger partial charge in [0.2, 0.25) is 5.91 Å². The minimum Gasteiger partial charge on any atom is -0.493 e. The average molecular weight is 408 g/mol. The summed E-state index contributed by atoms with van der Waals surface area (Å²) in [5.74, 6) is 0.980. The Bertz CT molecular complexity index is 892. The molecule has 1 fully saturated rings. The third-order valence-corrected chi connectivity index (χ3v) is 5.78. The molecule has 2 aromatic rings. The van der Waals surface area contributed by atoms with E-state index in [4.69, 9.17) is 4.74 Å². The third-order valence-electron chi connectivity index (χ3n) is 5.78. The molecule has 0 saturated carbocycles. The van der Waals surface area contributed by atoms with Crippen molar-refractivity contribution in [3.05, 3.63) is 65.2 Å². The Kier molecular flexibility index (Phi) is 6.33. The summed E-state index contributed by atoms with van der Waals surface area (Å²) >= 11 is 0. The predicted molar refractivity (Wildman–Crippen MR) is 115 cm³/mol. The van der Waals surface area contributed by atoms with E-state index < -0.39 is 0 Å². The Balaban J connectivity index is 1.21. The fraction of sp³-hybridized carbons (Fsp3) is 0.417. The van der Waals surface area contributed by atoms with Gasteiger partial charge in [-0.1, -0.05) is 30.3 Å². The van der Waals surface area contributed by atoms with E-state index in [1.165, 1.54) is 11.1 Å². The number of hydrogen-bond donors (Lipinski definition) is 1. The first-order valence-electron chi connectivity index (χ1n) is 10.7. The molecule has 0 spiro atoms. The van der Waals surface area contributed by atoms with Crippen LogP contribution in [0.25, 0.3) is 0 Å². The SMILES string of the molecule is CC(CC(=O)N1CCN(Cc2ccc3c(c2)CCO3)CC1)NC(=O)c1ccccc1. The molecule has 2 aromatic carbocycles. The van der Waals surface area contributed by atoms with Gasteiger partial charge in [-0.05, 0) is 36.2 Å². The summed E-state index contributed by atoms with van der Waals surface area (Å²) in [6.07, 6.45) is 1.31. The molecule has 2 amide bonds. The van der Waals surface area contributed by atoms with Gasteiger partial charge in [0.25, 0.3) is 5.91 Å². The number of nitrogens with zero attached hydrogens (tertiary/aromatic N) is 2. The van der Waals surface area contributed by atoms with Crippen molar-refractivity contribution in [2.75, 3.05) is 32.8 Å². The molecular weight excluding hydrogens is 378 g/mol. The molecule has 0 aliphatic carbocycles. The molecule has 0 bridgehead atoms. The van der Waals surface area contributed by atoms with Crippen molar-refractivity contribution in [3.63, 3.8) is 0 Å². The summed E-state index contributed by atoms with van der Waals surface area (Å²) < 4.78 is 5.58. The van der Waals surface area contributed by atoms with Crippen molar-refractivity contribution in [1.82, 2.24) is 15.1 Å². The van der Waals surface area contributed by atoms with Crippen LogP contribution in [-0.2, 0) is 17.8 Å². The Morgan fingerprint density at radius 3 is 2.60 bits per heavy atom. The highest BCUT2D eigenvalue weighted by Gasteiger charge is 2.23. The molecule has 0 radical (unpaired) electrons. The van der Waals surface area contributed by atoms with E-state index in [2.05, 4.69) is 28.4 Å². The summed E-state index contributed by atoms with van der Waals surface area (Å²) in [4.78, 5) is 29.2. The number of ether oxygens (including phenoxy) is 1. The zero-order valence-electron chi connectivity index (χ0n) is 17.5. The van der Waals surface area contributed by atoms with E-state index >= 15 is 0 Å². The smallest absolute Gasteiger partial charge is 0.251 e. The van der Waals surface area contributed by atoms with Gasteiger partial charge in [-0.2, -0.15) is 0 Å². The third kappa shape index (κ3) is 5.00. The number of rotatable bonds is 6. The molecule has 2 aliphatic heterocycles. The summed E-state index contributed by atoms with van der Waals surface area (Å²) in [5, 5.41) is 2.92. The fourth-order valence-corrected chi connectivity index (χ4v) is 4.09. The van der Waals surface area contributed by atoms with Gasteiger partial charge in [0.05, 0.1) is 6.61 Å². The molecule has 158 valence electrons. The first kappa shape index (κ1) is 20.4. The summed E-state index contributed by atoms with van der Waals surface area (Å²) in [7, 11) is 0. The van der Waals surface area contributed by atoms with Crippen LogP contribution in [0.4, 0.5) is 0 Å². The van der Waals surface area contributed by atoms with Crippen molar-refractivity contribution in [3.8, 4) is 5.75 Å². The van der Waals surface area contributed by atoms with Gasteiger partial charge in [0, 0.05) is 57.2 Å². The largest absolute Gasteiger partial charge is 0.493 e. The zero-order chi connectivity index (χ0) is 20.9.